The van der Waals surface area contributed by atoms with E-state index in [1.54, 1.807) is 42.9 Å². The normalized spacial score (nSPS) is 15.6. The summed E-state index contributed by atoms with van der Waals surface area (Å²) in [7, 11) is 0. The third kappa shape index (κ3) is 6.54. The molecule has 7 rings (SSSR count). The van der Waals surface area contributed by atoms with Crippen molar-refractivity contribution in [2.75, 3.05) is 39.3 Å². The molecule has 1 aliphatic rings. The monoisotopic (exact) mass is 702 g/mol. The Morgan fingerprint density at radius 2 is 0.917 bits per heavy atom. The fourth-order valence-electron chi connectivity index (χ4n) is 6.47. The Hall–Kier alpha value is -3.96. The molecule has 1 fully saturated rings. The van der Waals surface area contributed by atoms with Crippen LogP contribution >= 0.6 is 34.8 Å². The zero-order chi connectivity index (χ0) is 33.4. The lowest BCUT2D eigenvalue weighted by molar-refractivity contribution is 0.207. The van der Waals surface area contributed by atoms with Gasteiger partial charge >= 0.3 is 0 Å². The number of hydrogen-bond donors (Lipinski definition) is 3. The molecule has 0 bridgehead atoms. The first-order valence-electron chi connectivity index (χ1n) is 15.7. The number of halogens is 3. The molecule has 3 N–H and O–H groups in total. The summed E-state index contributed by atoms with van der Waals surface area (Å²) in [6, 6.07) is 16.3. The molecule has 0 spiro atoms. The van der Waals surface area contributed by atoms with Gasteiger partial charge in [-0.1, -0.05) is 34.8 Å². The van der Waals surface area contributed by atoms with Crippen molar-refractivity contribution < 1.29 is 15.3 Å². The van der Waals surface area contributed by atoms with Crippen LogP contribution in [0.4, 0.5) is 0 Å². The van der Waals surface area contributed by atoms with Gasteiger partial charge in [-0.3, -0.25) is 29.7 Å². The first-order chi connectivity index (χ1) is 23.3. The van der Waals surface area contributed by atoms with Crippen molar-refractivity contribution >= 4 is 67.5 Å². The average molecular weight is 704 g/mol. The smallest absolute Gasteiger partial charge is 0.146 e. The summed E-state index contributed by atoms with van der Waals surface area (Å²) in [6.45, 7) is 5.60. The summed E-state index contributed by atoms with van der Waals surface area (Å²) >= 11 is 20.2. The summed E-state index contributed by atoms with van der Waals surface area (Å²) in [5.74, 6) is 0.338. The van der Waals surface area contributed by atoms with Gasteiger partial charge in [0.1, 0.15) is 33.8 Å². The van der Waals surface area contributed by atoms with Crippen LogP contribution in [-0.2, 0) is 19.6 Å². The fourth-order valence-corrected chi connectivity index (χ4v) is 7.30. The van der Waals surface area contributed by atoms with Crippen molar-refractivity contribution in [3.05, 3.63) is 105 Å². The van der Waals surface area contributed by atoms with Gasteiger partial charge in [-0.2, -0.15) is 0 Å². The van der Waals surface area contributed by atoms with Crippen LogP contribution in [0.1, 0.15) is 16.7 Å². The maximum Gasteiger partial charge on any atom is 0.146 e. The molecular weight excluding hydrogens is 671 g/mol. The molecule has 0 radical (unpaired) electrons. The number of aromatic nitrogens is 3. The second kappa shape index (κ2) is 13.9. The van der Waals surface area contributed by atoms with Gasteiger partial charge in [0.05, 0.1) is 15.1 Å². The van der Waals surface area contributed by atoms with E-state index in [4.69, 9.17) is 34.8 Å². The van der Waals surface area contributed by atoms with E-state index in [0.29, 0.717) is 118 Å². The lowest BCUT2D eigenvalue weighted by Crippen LogP contribution is -2.35. The predicted octanol–water partition coefficient (Wildman–Crippen LogP) is 7.23. The molecule has 3 aromatic heterocycles. The van der Waals surface area contributed by atoms with Crippen molar-refractivity contribution in [1.29, 1.82) is 0 Å². The van der Waals surface area contributed by atoms with Gasteiger partial charge in [-0.25, -0.2) is 0 Å². The first kappa shape index (κ1) is 32.6. The number of rotatable bonds is 6. The molecule has 3 aromatic carbocycles. The zero-order valence-electron chi connectivity index (χ0n) is 26.0. The quantitative estimate of drug-likeness (QED) is 0.166. The highest BCUT2D eigenvalue weighted by Gasteiger charge is 2.22. The van der Waals surface area contributed by atoms with E-state index in [2.05, 4.69) is 29.7 Å². The highest BCUT2D eigenvalue weighted by molar-refractivity contribution is 6.37. The maximum absolute atomic E-state index is 11.2. The van der Waals surface area contributed by atoms with Gasteiger partial charge in [0.25, 0.3) is 0 Å². The largest absolute Gasteiger partial charge is 0.506 e. The van der Waals surface area contributed by atoms with Gasteiger partial charge < -0.3 is 15.3 Å². The average Bonchev–Trinajstić information content (AvgIpc) is 3.19. The second-order valence-corrected chi connectivity index (χ2v) is 13.3. The van der Waals surface area contributed by atoms with Gasteiger partial charge in [0, 0.05) is 105 Å². The molecule has 0 unspecified atom stereocenters. The number of aromatic hydroxyl groups is 3. The molecule has 0 amide bonds. The van der Waals surface area contributed by atoms with Crippen molar-refractivity contribution in [1.82, 2.24) is 29.7 Å². The van der Waals surface area contributed by atoms with Crippen LogP contribution in [0.15, 0.2) is 73.2 Å². The van der Waals surface area contributed by atoms with Crippen molar-refractivity contribution in [2.45, 2.75) is 19.6 Å². The molecule has 246 valence electrons. The minimum Gasteiger partial charge on any atom is -0.506 e. The molecule has 48 heavy (non-hydrogen) atoms. The highest BCUT2D eigenvalue weighted by Crippen LogP contribution is 2.36. The molecule has 0 aliphatic carbocycles. The van der Waals surface area contributed by atoms with Crippen LogP contribution in [0.3, 0.4) is 0 Å². The maximum atomic E-state index is 11.2. The van der Waals surface area contributed by atoms with Crippen molar-refractivity contribution in [2.24, 2.45) is 0 Å². The molecule has 0 atom stereocenters. The Kier molecular flexibility index (Phi) is 9.42. The number of phenols is 3. The van der Waals surface area contributed by atoms with Crippen LogP contribution in [0.25, 0.3) is 32.7 Å². The van der Waals surface area contributed by atoms with E-state index < -0.39 is 0 Å². The lowest BCUT2D eigenvalue weighted by Gasteiger charge is -2.26. The highest BCUT2D eigenvalue weighted by atomic mass is 35.5. The third-order valence-electron chi connectivity index (χ3n) is 9.05. The van der Waals surface area contributed by atoms with Crippen molar-refractivity contribution in [3.8, 4) is 17.2 Å². The topological polar surface area (TPSA) is 109 Å². The molecule has 6 aromatic rings. The SMILES string of the molecule is Oc1cc(CN2CCN(Cc3cc(Cl)c4cccnc4c3O)CCN(Cc3cc(Cl)c4cccnc4c3O)CC2)c(Cl)c2cccnc12. The Morgan fingerprint density at radius 1 is 0.521 bits per heavy atom. The lowest BCUT2D eigenvalue weighted by atomic mass is 10.1. The van der Waals surface area contributed by atoms with E-state index in [0.717, 1.165) is 5.56 Å². The number of nitrogens with zero attached hydrogens (tertiary/aromatic N) is 6. The van der Waals surface area contributed by atoms with E-state index in [1.807, 2.05) is 30.3 Å². The van der Waals surface area contributed by atoms with Crippen LogP contribution in [0, 0.1) is 0 Å². The fraction of sp³-hybridized carbons (Fsp3) is 0.250. The number of fused-ring (bicyclic) bond motifs is 3. The Bertz CT molecular complexity index is 1900. The van der Waals surface area contributed by atoms with Gasteiger partial charge in [0.15, 0.2) is 0 Å². The molecule has 4 heterocycles. The third-order valence-corrected chi connectivity index (χ3v) is 10.1. The predicted molar refractivity (Wildman–Crippen MR) is 191 cm³/mol. The van der Waals surface area contributed by atoms with E-state index in [1.165, 1.54) is 0 Å². The number of benzene rings is 3. The first-order valence-corrected chi connectivity index (χ1v) is 16.8. The molecule has 1 aliphatic heterocycles. The second-order valence-electron chi connectivity index (χ2n) is 12.1. The van der Waals surface area contributed by atoms with E-state index in [-0.39, 0.29) is 17.2 Å². The molecule has 0 saturated carbocycles. The molecule has 12 heteroatoms. The van der Waals surface area contributed by atoms with Crippen LogP contribution in [0.5, 0.6) is 17.2 Å². The minimum absolute atomic E-state index is 0.0899. The Morgan fingerprint density at radius 3 is 1.38 bits per heavy atom. The van der Waals surface area contributed by atoms with Crippen LogP contribution < -0.4 is 0 Å². The number of hydrogen-bond acceptors (Lipinski definition) is 9. The molecular formula is C36H33Cl3N6O3. The van der Waals surface area contributed by atoms with Gasteiger partial charge in [-0.15, -0.1) is 0 Å². The standard InChI is InChI=1S/C36H33Cl3N6O3/c37-28-16-23(35(47)33-25(28)4-1-8-41-33)20-44-12-10-43(19-22-18-30(46)32-27(31(22)39)6-3-7-40-32)11-13-45(15-14-44)21-24-17-29(38)26-5-2-9-42-34(26)36(24)48/h1-9,16-18,46-48H,10-15,19-21H2. The van der Waals surface area contributed by atoms with Gasteiger partial charge in [0.2, 0.25) is 0 Å². The number of phenolic OH excluding ortho intramolecular Hbond substituents is 3. The Labute approximate surface area is 292 Å². The van der Waals surface area contributed by atoms with E-state index in [9.17, 15) is 15.3 Å². The Balaban J connectivity index is 1.19. The molecule has 9 nitrogen and oxygen atoms in total. The van der Waals surface area contributed by atoms with E-state index >= 15 is 0 Å². The summed E-state index contributed by atoms with van der Waals surface area (Å²) in [4.78, 5) is 19.9. The summed E-state index contributed by atoms with van der Waals surface area (Å²) in [5, 5.41) is 36.9. The van der Waals surface area contributed by atoms with Gasteiger partial charge in [-0.05, 0) is 60.2 Å². The van der Waals surface area contributed by atoms with Crippen molar-refractivity contribution in [3.63, 3.8) is 0 Å². The molecule has 1 saturated heterocycles. The summed E-state index contributed by atoms with van der Waals surface area (Å²) < 4.78 is 0. The minimum atomic E-state index is 0.0899. The number of pyridine rings is 3. The summed E-state index contributed by atoms with van der Waals surface area (Å²) in [6.07, 6.45) is 4.93. The van der Waals surface area contributed by atoms with Crippen LogP contribution in [0.2, 0.25) is 15.1 Å². The zero-order valence-corrected chi connectivity index (χ0v) is 28.2. The summed E-state index contributed by atoms with van der Waals surface area (Å²) in [5.41, 5.74) is 3.63. The van der Waals surface area contributed by atoms with Crippen LogP contribution in [-0.4, -0.2) is 84.2 Å².